The van der Waals surface area contributed by atoms with Crippen molar-refractivity contribution in [2.75, 3.05) is 25.6 Å². The van der Waals surface area contributed by atoms with Crippen LogP contribution in [0, 0.1) is 11.2 Å². The molecular weight excluding hydrogens is 383 g/mol. The van der Waals surface area contributed by atoms with E-state index in [0.717, 1.165) is 24.8 Å². The zero-order valence-corrected chi connectivity index (χ0v) is 16.8. The number of halogens is 2. The summed E-state index contributed by atoms with van der Waals surface area (Å²) in [6.45, 7) is 3.78. The molecule has 4 aliphatic rings. The van der Waals surface area contributed by atoms with Crippen molar-refractivity contribution in [2.24, 2.45) is 5.41 Å². The van der Waals surface area contributed by atoms with Crippen molar-refractivity contribution < 1.29 is 18.7 Å². The lowest BCUT2D eigenvalue weighted by molar-refractivity contribution is -0.221. The maximum atomic E-state index is 13.3. The molecule has 1 saturated carbocycles. The molecule has 3 heterocycles. The molecule has 5 rings (SSSR count). The predicted molar refractivity (Wildman–Crippen MR) is 104 cm³/mol. The van der Waals surface area contributed by atoms with Gasteiger partial charge in [-0.05, 0) is 50.3 Å². The summed E-state index contributed by atoms with van der Waals surface area (Å²) >= 11 is 5.69. The number of amides is 2. The number of fused-ring (bicyclic) bond motifs is 2. The molecule has 1 aromatic rings. The van der Waals surface area contributed by atoms with Gasteiger partial charge in [0.1, 0.15) is 11.7 Å². The summed E-state index contributed by atoms with van der Waals surface area (Å²) in [4.78, 5) is 27.2. The number of piperidine rings is 1. The Bertz CT molecular complexity index is 763. The van der Waals surface area contributed by atoms with Gasteiger partial charge in [0.25, 0.3) is 0 Å². The maximum absolute atomic E-state index is 13.3. The molecule has 3 aliphatic heterocycles. The first-order valence-corrected chi connectivity index (χ1v) is 10.4. The molecule has 0 aromatic heterocycles. The molecule has 2 bridgehead atoms. The number of benzene rings is 1. The zero-order chi connectivity index (χ0) is 19.9. The van der Waals surface area contributed by atoms with E-state index in [1.165, 1.54) is 12.1 Å². The molecule has 0 spiro atoms. The molecule has 5 nitrogen and oxygen atoms in total. The normalized spacial score (nSPS) is 34.5. The summed E-state index contributed by atoms with van der Waals surface area (Å²) in [5, 5.41) is 2.97. The lowest BCUT2D eigenvalue weighted by Crippen LogP contribution is -2.65. The zero-order valence-electron chi connectivity index (χ0n) is 16.0. The van der Waals surface area contributed by atoms with Crippen molar-refractivity contribution in [3.8, 4) is 0 Å². The molecule has 7 heteroatoms. The van der Waals surface area contributed by atoms with Gasteiger partial charge in [-0.25, -0.2) is 4.39 Å². The first-order chi connectivity index (χ1) is 13.3. The van der Waals surface area contributed by atoms with Gasteiger partial charge < -0.3 is 15.0 Å². The summed E-state index contributed by atoms with van der Waals surface area (Å²) in [6.07, 6.45) is 3.03. The minimum absolute atomic E-state index is 0.0238. The van der Waals surface area contributed by atoms with E-state index in [2.05, 4.69) is 12.2 Å². The van der Waals surface area contributed by atoms with Crippen LogP contribution in [0.5, 0.6) is 0 Å². The van der Waals surface area contributed by atoms with E-state index in [1.54, 1.807) is 12.1 Å². The van der Waals surface area contributed by atoms with Crippen LogP contribution in [0.25, 0.3) is 0 Å². The number of nitrogens with one attached hydrogen (secondary N) is 1. The Morgan fingerprint density at radius 2 is 2.04 bits per heavy atom. The van der Waals surface area contributed by atoms with Gasteiger partial charge in [-0.15, -0.1) is 11.6 Å². The van der Waals surface area contributed by atoms with Crippen molar-refractivity contribution in [3.05, 3.63) is 35.6 Å². The van der Waals surface area contributed by atoms with E-state index in [0.29, 0.717) is 26.1 Å². The third kappa shape index (κ3) is 3.52. The van der Waals surface area contributed by atoms with Gasteiger partial charge in [0.15, 0.2) is 0 Å². The largest absolute Gasteiger partial charge is 0.375 e. The summed E-state index contributed by atoms with van der Waals surface area (Å²) in [7, 11) is 0. The number of likely N-dealkylation sites (tertiary alicyclic amines) is 1. The molecular formula is C21H26ClFN2O3. The second-order valence-electron chi connectivity index (χ2n) is 8.69. The van der Waals surface area contributed by atoms with Crippen LogP contribution in [0.4, 0.5) is 4.39 Å². The minimum atomic E-state index is -0.309. The van der Waals surface area contributed by atoms with Gasteiger partial charge in [0.2, 0.25) is 11.8 Å². The van der Waals surface area contributed by atoms with Crippen LogP contribution in [0.1, 0.15) is 44.1 Å². The topological polar surface area (TPSA) is 58.6 Å². The van der Waals surface area contributed by atoms with Gasteiger partial charge in [-0.1, -0.05) is 12.1 Å². The Balaban J connectivity index is 1.51. The van der Waals surface area contributed by atoms with E-state index in [-0.39, 0.29) is 46.5 Å². The Morgan fingerprint density at radius 1 is 1.32 bits per heavy atom. The van der Waals surface area contributed by atoms with Crippen LogP contribution in [0.2, 0.25) is 0 Å². The monoisotopic (exact) mass is 408 g/mol. The molecule has 2 amide bonds. The third-order valence-electron chi connectivity index (χ3n) is 6.58. The van der Waals surface area contributed by atoms with Gasteiger partial charge >= 0.3 is 0 Å². The molecule has 1 N–H and O–H groups in total. The number of hydrogen-bond donors (Lipinski definition) is 1. The Labute approximate surface area is 169 Å². The van der Waals surface area contributed by atoms with Gasteiger partial charge in [-0.3, -0.25) is 9.59 Å². The van der Waals surface area contributed by atoms with Crippen LogP contribution < -0.4 is 5.32 Å². The molecule has 152 valence electrons. The van der Waals surface area contributed by atoms with Crippen molar-refractivity contribution in [3.63, 3.8) is 0 Å². The fourth-order valence-electron chi connectivity index (χ4n) is 5.38. The van der Waals surface area contributed by atoms with E-state index in [9.17, 15) is 14.0 Å². The number of hydrogen-bond acceptors (Lipinski definition) is 3. The molecule has 0 radical (unpaired) electrons. The van der Waals surface area contributed by atoms with Crippen molar-refractivity contribution in [2.45, 2.75) is 50.2 Å². The molecule has 1 aliphatic carbocycles. The van der Waals surface area contributed by atoms with Crippen LogP contribution in [0.3, 0.4) is 0 Å². The quantitative estimate of drug-likeness (QED) is 0.779. The highest BCUT2D eigenvalue weighted by Crippen LogP contribution is 2.57. The maximum Gasteiger partial charge on any atom is 0.235 e. The second kappa shape index (κ2) is 7.30. The number of carbonyl (C=O) groups is 2. The van der Waals surface area contributed by atoms with Crippen molar-refractivity contribution in [1.82, 2.24) is 10.2 Å². The smallest absolute Gasteiger partial charge is 0.235 e. The number of alkyl halides is 1. The fourth-order valence-corrected chi connectivity index (χ4v) is 5.46. The molecule has 1 aromatic carbocycles. The Kier molecular flexibility index (Phi) is 5.12. The number of carbonyl (C=O) groups excluding carboxylic acids is 2. The van der Waals surface area contributed by atoms with E-state index in [4.69, 9.17) is 16.3 Å². The lowest BCUT2D eigenvalue weighted by atomic mass is 9.55. The molecule has 4 fully saturated rings. The Hall–Kier alpha value is -1.66. The summed E-state index contributed by atoms with van der Waals surface area (Å²) < 4.78 is 19.1. The average molecular weight is 409 g/mol. The van der Waals surface area contributed by atoms with Crippen LogP contribution >= 0.6 is 11.6 Å². The number of ether oxygens (including phenoxy) is 1. The van der Waals surface area contributed by atoms with E-state index in [1.807, 2.05) is 4.90 Å². The molecule has 0 unspecified atom stereocenters. The number of nitrogens with zero attached hydrogens (tertiary/aromatic N) is 1. The van der Waals surface area contributed by atoms with Crippen LogP contribution in [-0.2, 0) is 14.3 Å². The molecule has 28 heavy (non-hydrogen) atoms. The summed E-state index contributed by atoms with van der Waals surface area (Å²) in [5.41, 5.74) is 0.498. The van der Waals surface area contributed by atoms with E-state index >= 15 is 0 Å². The van der Waals surface area contributed by atoms with Crippen molar-refractivity contribution >= 4 is 23.4 Å². The highest BCUT2D eigenvalue weighted by atomic mass is 35.5. The van der Waals surface area contributed by atoms with Crippen LogP contribution in [0.15, 0.2) is 24.3 Å². The fraction of sp³-hybridized carbons (Fsp3) is 0.619. The predicted octanol–water partition coefficient (Wildman–Crippen LogP) is 2.82. The Morgan fingerprint density at radius 3 is 2.68 bits per heavy atom. The highest BCUT2D eigenvalue weighted by molar-refractivity contribution is 6.27. The summed E-state index contributed by atoms with van der Waals surface area (Å²) in [6, 6.07) is 6.14. The van der Waals surface area contributed by atoms with E-state index < -0.39 is 0 Å². The van der Waals surface area contributed by atoms with Gasteiger partial charge in [0, 0.05) is 25.6 Å². The minimum Gasteiger partial charge on any atom is -0.375 e. The molecule has 3 saturated heterocycles. The number of rotatable bonds is 4. The molecule has 2 atom stereocenters. The second-order valence-corrected chi connectivity index (χ2v) is 8.96. The SMILES string of the molecule is CC12CC(C(=O)N3CC[C@H](c4ccc(F)cc4)[C@@H](NC(=O)CCl)C3)(CCO1)C2. The third-order valence-corrected chi connectivity index (χ3v) is 6.82. The average Bonchev–Trinajstić information content (AvgIpc) is 2.67. The first-order valence-electron chi connectivity index (χ1n) is 9.88. The van der Waals surface area contributed by atoms with Gasteiger partial charge in [0.05, 0.1) is 17.1 Å². The van der Waals surface area contributed by atoms with Crippen LogP contribution in [-0.4, -0.2) is 53.9 Å². The van der Waals surface area contributed by atoms with Gasteiger partial charge in [-0.2, -0.15) is 0 Å². The highest BCUT2D eigenvalue weighted by Gasteiger charge is 2.61. The lowest BCUT2D eigenvalue weighted by Gasteiger charge is -2.59. The standard InChI is InChI=1S/C21H26ClFN2O3/c1-20-12-21(13-20,7-9-28-20)19(27)25-8-6-16(14-2-4-15(23)5-3-14)17(11-25)24-18(26)10-22/h2-5,16-17H,6-13H2,1H3,(H,24,26)/t16-,17+,20?,21?/m1/s1. The van der Waals surface area contributed by atoms with Crippen molar-refractivity contribution in [1.29, 1.82) is 0 Å². The summed E-state index contributed by atoms with van der Waals surface area (Å²) in [5.74, 6) is -0.468. The first kappa shape index (κ1) is 19.6.